The largest absolute Gasteiger partial charge is 0.435 e. The predicted molar refractivity (Wildman–Crippen MR) is 133 cm³/mol. The van der Waals surface area contributed by atoms with E-state index in [2.05, 4.69) is 38.3 Å². The third kappa shape index (κ3) is 4.89. The summed E-state index contributed by atoms with van der Waals surface area (Å²) in [6.45, 7) is 12.1. The maximum Gasteiger partial charge on any atom is 0.256 e. The van der Waals surface area contributed by atoms with Gasteiger partial charge in [0.25, 0.3) is 5.91 Å². The third-order valence-electron chi connectivity index (χ3n) is 6.22. The lowest BCUT2D eigenvalue weighted by molar-refractivity contribution is 0.0995. The first kappa shape index (κ1) is 24.4. The SMILES string of the molecule is C=C/C=C(\C(N)c1ncnc(Oc2ccc3[nH]c(C)cc3c2F)c1C(N)=O)N1CCN(CC)CC1. The molecule has 0 bridgehead atoms. The standard InChI is InChI=1S/C25H30FN7O2/c1-4-6-18(33-11-9-32(5-2)10-12-33)22(27)23-20(24(28)34)25(30-14-29-23)35-19-8-7-17-16(21(19)26)13-15(3)31-17/h4,6-8,13-14,22,31H,1,5,9-12,27H2,2-3H3,(H2,28,34)/b18-6+. The molecule has 1 aliphatic heterocycles. The van der Waals surface area contributed by atoms with Gasteiger partial charge in [0.15, 0.2) is 11.6 Å². The van der Waals surface area contributed by atoms with Crippen molar-refractivity contribution in [3.05, 3.63) is 71.7 Å². The Morgan fingerprint density at radius 2 is 2.06 bits per heavy atom. The van der Waals surface area contributed by atoms with Crippen molar-refractivity contribution >= 4 is 16.8 Å². The molecule has 184 valence electrons. The highest BCUT2D eigenvalue weighted by Crippen LogP contribution is 2.34. The molecular formula is C25H30FN7O2. The number of primary amides is 1. The van der Waals surface area contributed by atoms with Crippen LogP contribution in [0.25, 0.3) is 10.9 Å². The molecule has 1 aromatic carbocycles. The number of allylic oxidation sites excluding steroid dienone is 2. The average molecular weight is 480 g/mol. The minimum atomic E-state index is -0.821. The minimum absolute atomic E-state index is 0.0882. The number of aryl methyl sites for hydroxylation is 1. The van der Waals surface area contributed by atoms with E-state index in [0.29, 0.717) is 10.9 Å². The van der Waals surface area contributed by atoms with Gasteiger partial charge < -0.3 is 31.0 Å². The Labute approximate surface area is 203 Å². The van der Waals surface area contributed by atoms with E-state index in [9.17, 15) is 4.79 Å². The highest BCUT2D eigenvalue weighted by molar-refractivity contribution is 5.96. The molecule has 9 nitrogen and oxygen atoms in total. The first-order valence-corrected chi connectivity index (χ1v) is 11.5. The molecule has 0 saturated carbocycles. The number of rotatable bonds is 8. The van der Waals surface area contributed by atoms with Crippen molar-refractivity contribution in [2.75, 3.05) is 32.7 Å². The van der Waals surface area contributed by atoms with Crippen molar-refractivity contribution < 1.29 is 13.9 Å². The lowest BCUT2D eigenvalue weighted by Crippen LogP contribution is -2.47. The number of nitrogens with zero attached hydrogens (tertiary/aromatic N) is 4. The van der Waals surface area contributed by atoms with Crippen LogP contribution in [0, 0.1) is 12.7 Å². The van der Waals surface area contributed by atoms with Gasteiger partial charge in [0.2, 0.25) is 5.88 Å². The van der Waals surface area contributed by atoms with Gasteiger partial charge >= 0.3 is 0 Å². The summed E-state index contributed by atoms with van der Waals surface area (Å²) < 4.78 is 20.9. The summed E-state index contributed by atoms with van der Waals surface area (Å²) in [6.07, 6.45) is 4.68. The summed E-state index contributed by atoms with van der Waals surface area (Å²) in [4.78, 5) is 28.4. The molecule has 5 N–H and O–H groups in total. The Hall–Kier alpha value is -3.76. The molecule has 10 heteroatoms. The van der Waals surface area contributed by atoms with Gasteiger partial charge in [-0.1, -0.05) is 19.6 Å². The van der Waals surface area contributed by atoms with Crippen LogP contribution >= 0.6 is 0 Å². The minimum Gasteiger partial charge on any atom is -0.435 e. The summed E-state index contributed by atoms with van der Waals surface area (Å²) in [7, 11) is 0. The van der Waals surface area contributed by atoms with Gasteiger partial charge in [0.1, 0.15) is 11.9 Å². The zero-order valence-corrected chi connectivity index (χ0v) is 19.9. The van der Waals surface area contributed by atoms with Gasteiger partial charge in [0, 0.05) is 48.5 Å². The van der Waals surface area contributed by atoms with E-state index in [0.717, 1.165) is 44.1 Å². The van der Waals surface area contributed by atoms with Crippen molar-refractivity contribution in [3.63, 3.8) is 0 Å². The van der Waals surface area contributed by atoms with E-state index in [-0.39, 0.29) is 22.9 Å². The number of aromatic amines is 1. The Morgan fingerprint density at radius 1 is 1.31 bits per heavy atom. The molecule has 35 heavy (non-hydrogen) atoms. The zero-order chi connectivity index (χ0) is 25.1. The zero-order valence-electron chi connectivity index (χ0n) is 19.9. The maximum atomic E-state index is 15.1. The van der Waals surface area contributed by atoms with Gasteiger partial charge in [-0.25, -0.2) is 14.4 Å². The van der Waals surface area contributed by atoms with Gasteiger partial charge in [-0.2, -0.15) is 0 Å². The Kier molecular flexibility index (Phi) is 7.13. The van der Waals surface area contributed by atoms with Crippen LogP contribution in [-0.4, -0.2) is 63.4 Å². The molecular weight excluding hydrogens is 449 g/mol. The average Bonchev–Trinajstić information content (AvgIpc) is 3.25. The number of halogens is 1. The number of amides is 1. The molecule has 0 radical (unpaired) electrons. The van der Waals surface area contributed by atoms with Gasteiger partial charge in [-0.05, 0) is 37.7 Å². The van der Waals surface area contributed by atoms with E-state index in [1.54, 1.807) is 18.2 Å². The second kappa shape index (κ2) is 10.2. The highest BCUT2D eigenvalue weighted by Gasteiger charge is 2.29. The van der Waals surface area contributed by atoms with Crippen LogP contribution in [0.1, 0.15) is 34.7 Å². The maximum absolute atomic E-state index is 15.1. The number of carbonyl (C=O) groups is 1. The summed E-state index contributed by atoms with van der Waals surface area (Å²) >= 11 is 0. The normalized spacial score (nSPS) is 15.9. The number of nitrogens with two attached hydrogens (primary N) is 2. The van der Waals surface area contributed by atoms with Gasteiger partial charge in [-0.3, -0.25) is 4.79 Å². The molecule has 0 aliphatic carbocycles. The van der Waals surface area contributed by atoms with E-state index in [1.165, 1.54) is 12.4 Å². The number of ether oxygens (including phenoxy) is 1. The number of H-pyrrole nitrogens is 1. The topological polar surface area (TPSA) is 126 Å². The van der Waals surface area contributed by atoms with Crippen LogP contribution in [0.2, 0.25) is 0 Å². The first-order chi connectivity index (χ1) is 16.8. The molecule has 1 amide bonds. The third-order valence-corrected chi connectivity index (χ3v) is 6.22. The second-order valence-electron chi connectivity index (χ2n) is 8.42. The van der Waals surface area contributed by atoms with Crippen LogP contribution in [-0.2, 0) is 0 Å². The fraction of sp³-hybridized carbons (Fsp3) is 0.320. The smallest absolute Gasteiger partial charge is 0.256 e. The molecule has 1 atom stereocenters. The van der Waals surface area contributed by atoms with Crippen molar-refractivity contribution in [1.82, 2.24) is 24.8 Å². The van der Waals surface area contributed by atoms with Crippen LogP contribution in [0.4, 0.5) is 4.39 Å². The lowest BCUT2D eigenvalue weighted by atomic mass is 10.0. The Morgan fingerprint density at radius 3 is 2.71 bits per heavy atom. The van der Waals surface area contributed by atoms with Crippen LogP contribution in [0.15, 0.2) is 49.0 Å². The number of fused-ring (bicyclic) bond motifs is 1. The second-order valence-corrected chi connectivity index (χ2v) is 8.42. The molecule has 3 aromatic rings. The summed E-state index contributed by atoms with van der Waals surface area (Å²) in [6, 6.07) is 4.04. The van der Waals surface area contributed by atoms with Crippen LogP contribution in [0.3, 0.4) is 0 Å². The van der Waals surface area contributed by atoms with Crippen molar-refractivity contribution in [2.45, 2.75) is 19.9 Å². The van der Waals surface area contributed by atoms with Crippen molar-refractivity contribution in [3.8, 4) is 11.6 Å². The monoisotopic (exact) mass is 479 g/mol. The van der Waals surface area contributed by atoms with Crippen LogP contribution in [0.5, 0.6) is 11.6 Å². The number of hydrogen-bond donors (Lipinski definition) is 3. The summed E-state index contributed by atoms with van der Waals surface area (Å²) in [5.74, 6) is -1.64. The molecule has 1 aliphatic rings. The molecule has 1 saturated heterocycles. The van der Waals surface area contributed by atoms with E-state index in [4.69, 9.17) is 16.2 Å². The van der Waals surface area contributed by atoms with Crippen LogP contribution < -0.4 is 16.2 Å². The number of benzene rings is 1. The molecule has 1 unspecified atom stereocenters. The lowest BCUT2D eigenvalue weighted by Gasteiger charge is -2.38. The number of aromatic nitrogens is 3. The number of piperazine rings is 1. The fourth-order valence-corrected chi connectivity index (χ4v) is 4.39. The number of nitrogens with one attached hydrogen (secondary N) is 1. The van der Waals surface area contributed by atoms with Crippen molar-refractivity contribution in [1.29, 1.82) is 0 Å². The first-order valence-electron chi connectivity index (χ1n) is 11.5. The summed E-state index contributed by atoms with van der Waals surface area (Å²) in [5, 5.41) is 0.369. The Balaban J connectivity index is 1.70. The quantitative estimate of drug-likeness (QED) is 0.424. The van der Waals surface area contributed by atoms with E-state index in [1.807, 2.05) is 13.0 Å². The molecule has 0 spiro atoms. The number of carbonyl (C=O) groups excluding carboxylic acids is 1. The predicted octanol–water partition coefficient (Wildman–Crippen LogP) is 3.00. The number of hydrogen-bond acceptors (Lipinski definition) is 7. The van der Waals surface area contributed by atoms with Gasteiger partial charge in [-0.15, -0.1) is 0 Å². The molecule has 1 fully saturated rings. The Bertz CT molecular complexity index is 1280. The fourth-order valence-electron chi connectivity index (χ4n) is 4.39. The molecule has 3 heterocycles. The van der Waals surface area contributed by atoms with Gasteiger partial charge in [0.05, 0.1) is 11.7 Å². The van der Waals surface area contributed by atoms with E-state index < -0.39 is 17.8 Å². The highest BCUT2D eigenvalue weighted by atomic mass is 19.1. The number of likely N-dealkylation sites (N-methyl/N-ethyl adjacent to an activating group) is 1. The van der Waals surface area contributed by atoms with E-state index >= 15 is 4.39 Å². The molecule has 2 aromatic heterocycles. The summed E-state index contributed by atoms with van der Waals surface area (Å²) in [5.41, 5.74) is 14.6. The van der Waals surface area contributed by atoms with Crippen molar-refractivity contribution in [2.24, 2.45) is 11.5 Å². The molecule has 4 rings (SSSR count).